The quantitative estimate of drug-likeness (QED) is 0.0704. The van der Waals surface area contributed by atoms with E-state index in [-0.39, 0.29) is 65.9 Å². The van der Waals surface area contributed by atoms with Crippen molar-refractivity contribution < 1.29 is 59.7 Å². The van der Waals surface area contributed by atoms with Crippen LogP contribution in [0.3, 0.4) is 0 Å². The maximum atomic E-state index is 15.1. The van der Waals surface area contributed by atoms with Crippen LogP contribution in [0.4, 0.5) is 30.7 Å². The van der Waals surface area contributed by atoms with Gasteiger partial charge in [0.25, 0.3) is 0 Å². The number of rotatable bonds is 13. The second-order valence-corrected chi connectivity index (χ2v) is 14.7. The summed E-state index contributed by atoms with van der Waals surface area (Å²) in [5.41, 5.74) is -0.350. The molecule has 6 aromatic rings. The van der Waals surface area contributed by atoms with E-state index in [1.54, 1.807) is 55.5 Å². The molecule has 0 aliphatic heterocycles. The number of nitrogens with zero attached hydrogens (tertiary/aromatic N) is 1. The van der Waals surface area contributed by atoms with Gasteiger partial charge in [0.15, 0.2) is 23.2 Å². The number of ether oxygens (including phenoxy) is 2. The SMILES string of the molecule is CC(=O)CCC(=O)c1cc(Br)ccc1OCc1ccc(F)cc1F.Cc1ccc(-c2cc(Br)ccc2OCc2ccc(F)cc2F)n1-c1cc(F)c(F)c(C(=O)O)c1F. The first-order chi connectivity index (χ1) is 27.9. The highest BCUT2D eigenvalue weighted by molar-refractivity contribution is 9.10. The van der Waals surface area contributed by atoms with E-state index in [0.29, 0.717) is 31.8 Å². The van der Waals surface area contributed by atoms with Gasteiger partial charge in [-0.15, -0.1) is 0 Å². The summed E-state index contributed by atoms with van der Waals surface area (Å²) in [6.07, 6.45) is 0.227. The second-order valence-electron chi connectivity index (χ2n) is 12.8. The van der Waals surface area contributed by atoms with Gasteiger partial charge in [-0.25, -0.2) is 35.5 Å². The van der Waals surface area contributed by atoms with Gasteiger partial charge in [-0.1, -0.05) is 31.9 Å². The molecular formula is C43H30Br2F7NO6. The topological polar surface area (TPSA) is 94.8 Å². The zero-order chi connectivity index (χ0) is 43.1. The molecule has 6 rings (SSSR count). The van der Waals surface area contributed by atoms with Crippen LogP contribution in [0.1, 0.15) is 57.3 Å². The summed E-state index contributed by atoms with van der Waals surface area (Å²) in [6.45, 7) is 2.59. The van der Waals surface area contributed by atoms with Crippen molar-refractivity contribution in [2.24, 2.45) is 0 Å². The Balaban J connectivity index is 0.000000241. The molecule has 1 aromatic heterocycles. The molecule has 0 saturated heterocycles. The van der Waals surface area contributed by atoms with Crippen molar-refractivity contribution in [3.63, 3.8) is 0 Å². The van der Waals surface area contributed by atoms with Crippen molar-refractivity contribution in [1.29, 1.82) is 0 Å². The predicted molar refractivity (Wildman–Crippen MR) is 210 cm³/mol. The first kappa shape index (κ1) is 44.4. The Morgan fingerprint density at radius 1 is 0.644 bits per heavy atom. The van der Waals surface area contributed by atoms with Crippen LogP contribution in [-0.2, 0) is 18.0 Å². The van der Waals surface area contributed by atoms with Gasteiger partial charge in [-0.3, -0.25) is 4.79 Å². The molecule has 0 fully saturated rings. The molecule has 0 atom stereocenters. The van der Waals surface area contributed by atoms with E-state index >= 15 is 4.39 Å². The highest BCUT2D eigenvalue weighted by atomic mass is 79.9. The molecule has 0 radical (unpaired) electrons. The van der Waals surface area contributed by atoms with Gasteiger partial charge in [0.2, 0.25) is 0 Å². The Labute approximate surface area is 349 Å². The lowest BCUT2D eigenvalue weighted by Crippen LogP contribution is -2.12. The number of ketones is 2. The fourth-order valence-corrected chi connectivity index (χ4v) is 6.42. The molecule has 0 spiro atoms. The van der Waals surface area contributed by atoms with E-state index in [1.165, 1.54) is 23.6 Å². The molecule has 5 aromatic carbocycles. The van der Waals surface area contributed by atoms with Crippen LogP contribution in [0.25, 0.3) is 16.9 Å². The Kier molecular flexibility index (Phi) is 14.5. The van der Waals surface area contributed by atoms with Crippen LogP contribution in [0, 0.1) is 47.6 Å². The van der Waals surface area contributed by atoms with E-state index in [9.17, 15) is 45.8 Å². The summed E-state index contributed by atoms with van der Waals surface area (Å²) in [7, 11) is 0. The number of Topliss-reactive ketones (excluding diaryl/α,β-unsaturated/α-hetero) is 2. The number of aryl methyl sites for hydroxylation is 1. The number of benzene rings is 5. The van der Waals surface area contributed by atoms with Crippen molar-refractivity contribution in [1.82, 2.24) is 4.57 Å². The molecule has 59 heavy (non-hydrogen) atoms. The smallest absolute Gasteiger partial charge is 0.341 e. The maximum absolute atomic E-state index is 15.1. The minimum atomic E-state index is -1.96. The monoisotopic (exact) mass is 947 g/mol. The van der Waals surface area contributed by atoms with Gasteiger partial charge in [0.1, 0.15) is 59.3 Å². The minimum absolute atomic E-state index is 0.0748. The molecular weight excluding hydrogens is 919 g/mol. The molecule has 0 aliphatic carbocycles. The normalized spacial score (nSPS) is 10.8. The zero-order valence-corrected chi connectivity index (χ0v) is 34.0. The van der Waals surface area contributed by atoms with Crippen LogP contribution < -0.4 is 9.47 Å². The lowest BCUT2D eigenvalue weighted by atomic mass is 10.0. The summed E-state index contributed by atoms with van der Waals surface area (Å²) >= 11 is 6.62. The number of aromatic nitrogens is 1. The van der Waals surface area contributed by atoms with Crippen molar-refractivity contribution >= 4 is 49.4 Å². The van der Waals surface area contributed by atoms with Crippen LogP contribution in [-0.4, -0.2) is 27.2 Å². The first-order valence-electron chi connectivity index (χ1n) is 17.3. The van der Waals surface area contributed by atoms with Crippen molar-refractivity contribution in [3.8, 4) is 28.4 Å². The van der Waals surface area contributed by atoms with Gasteiger partial charge in [-0.05, 0) is 86.6 Å². The van der Waals surface area contributed by atoms with Crippen LogP contribution >= 0.6 is 31.9 Å². The molecule has 1 heterocycles. The molecule has 0 amide bonds. The third-order valence-electron chi connectivity index (χ3n) is 8.63. The Hall–Kier alpha value is -5.74. The minimum Gasteiger partial charge on any atom is -0.488 e. The Bertz CT molecular complexity index is 2580. The lowest BCUT2D eigenvalue weighted by Gasteiger charge is -2.18. The van der Waals surface area contributed by atoms with E-state index in [1.807, 2.05) is 0 Å². The maximum Gasteiger partial charge on any atom is 0.341 e. The lowest BCUT2D eigenvalue weighted by molar-refractivity contribution is -0.117. The first-order valence-corrected chi connectivity index (χ1v) is 18.9. The number of carbonyl (C=O) groups is 3. The van der Waals surface area contributed by atoms with Gasteiger partial charge in [-0.2, -0.15) is 0 Å². The fraction of sp³-hybridized carbons (Fsp3) is 0.140. The fourth-order valence-electron chi connectivity index (χ4n) is 5.70. The number of hydrogen-bond acceptors (Lipinski definition) is 5. The molecule has 0 bridgehead atoms. The molecule has 0 aliphatic rings. The van der Waals surface area contributed by atoms with Gasteiger partial charge in [0.05, 0.1) is 16.9 Å². The largest absolute Gasteiger partial charge is 0.488 e. The molecule has 0 saturated carbocycles. The Morgan fingerprint density at radius 3 is 1.76 bits per heavy atom. The Morgan fingerprint density at radius 2 is 1.20 bits per heavy atom. The van der Waals surface area contributed by atoms with E-state index in [4.69, 9.17) is 9.47 Å². The molecule has 16 heteroatoms. The number of hydrogen-bond donors (Lipinski definition) is 1. The summed E-state index contributed by atoms with van der Waals surface area (Å²) in [5.74, 6) is -9.47. The van der Waals surface area contributed by atoms with Crippen LogP contribution in [0.2, 0.25) is 0 Å². The van der Waals surface area contributed by atoms with Gasteiger partial charge < -0.3 is 23.9 Å². The highest BCUT2D eigenvalue weighted by Crippen LogP contribution is 2.38. The van der Waals surface area contributed by atoms with Crippen LogP contribution in [0.5, 0.6) is 11.5 Å². The summed E-state index contributed by atoms with van der Waals surface area (Å²) in [5, 5.41) is 9.21. The third-order valence-corrected chi connectivity index (χ3v) is 9.61. The van der Waals surface area contributed by atoms with E-state index < -0.39 is 57.9 Å². The average molecular weight is 950 g/mol. The van der Waals surface area contributed by atoms with Crippen molar-refractivity contribution in [2.75, 3.05) is 0 Å². The number of carboxylic acids is 1. The second kappa shape index (κ2) is 19.3. The summed E-state index contributed by atoms with van der Waals surface area (Å²) in [4.78, 5) is 34.7. The average Bonchev–Trinajstić information content (AvgIpc) is 3.56. The third kappa shape index (κ3) is 10.9. The van der Waals surface area contributed by atoms with Gasteiger partial charge in [0, 0.05) is 62.4 Å². The molecule has 7 nitrogen and oxygen atoms in total. The van der Waals surface area contributed by atoms with Gasteiger partial charge >= 0.3 is 5.97 Å². The predicted octanol–water partition coefficient (Wildman–Crippen LogP) is 12.0. The highest BCUT2D eigenvalue weighted by Gasteiger charge is 2.27. The molecule has 1 N–H and O–H groups in total. The number of halogens is 9. The number of aromatic carboxylic acids is 1. The zero-order valence-electron chi connectivity index (χ0n) is 30.8. The molecule has 0 unspecified atom stereocenters. The standard InChI is InChI=1S/C25H15BrF5NO3.C18H15BrF2O3/c1-12-2-6-19(32(12)20-10-18(29)23(30)22(24(20)31)25(33)34)16-8-14(26)4-7-21(16)35-11-13-3-5-15(27)9-17(13)28;1-11(22)2-6-17(23)15-8-13(19)4-7-18(15)24-10-12-3-5-14(20)9-16(12)21/h2-10H,11H2,1H3,(H,33,34);3-5,7-9H,2,6,10H2,1H3. The molecule has 306 valence electrons. The van der Waals surface area contributed by atoms with Crippen molar-refractivity contribution in [3.05, 3.63) is 169 Å². The number of carbonyl (C=O) groups excluding carboxylic acids is 2. The summed E-state index contributed by atoms with van der Waals surface area (Å²) in [6, 6.07) is 19.6. The van der Waals surface area contributed by atoms with E-state index in [2.05, 4.69) is 31.9 Å². The van der Waals surface area contributed by atoms with Crippen LogP contribution in [0.15, 0.2) is 99.9 Å². The number of carboxylic acid groups (broad SMARTS) is 1. The van der Waals surface area contributed by atoms with E-state index in [0.717, 1.165) is 24.3 Å². The van der Waals surface area contributed by atoms with Crippen molar-refractivity contribution in [2.45, 2.75) is 39.9 Å². The summed E-state index contributed by atoms with van der Waals surface area (Å²) < 4.78 is 111.